The van der Waals surface area contributed by atoms with Gasteiger partial charge < -0.3 is 4.98 Å². The smallest absolute Gasteiger partial charge is 0.263 e. The van der Waals surface area contributed by atoms with E-state index in [-0.39, 0.29) is 5.56 Å². The minimum atomic E-state index is 0.0296. The molecule has 1 aliphatic carbocycles. The van der Waals surface area contributed by atoms with Crippen LogP contribution in [0.5, 0.6) is 0 Å². The number of nitrogens with one attached hydrogen (secondary N) is 1. The number of thiophene rings is 1. The fraction of sp³-hybridized carbons (Fsp3) is 0.312. The van der Waals surface area contributed by atoms with E-state index in [1.54, 1.807) is 28.3 Å². The first-order valence-electron chi connectivity index (χ1n) is 7.40. The molecule has 0 aromatic carbocycles. The van der Waals surface area contributed by atoms with Crippen molar-refractivity contribution >= 4 is 33.8 Å². The highest BCUT2D eigenvalue weighted by molar-refractivity contribution is 7.71. The molecule has 22 heavy (non-hydrogen) atoms. The predicted molar refractivity (Wildman–Crippen MR) is 91.3 cm³/mol. The first kappa shape index (κ1) is 13.8. The van der Waals surface area contributed by atoms with Crippen molar-refractivity contribution < 1.29 is 0 Å². The molecule has 0 saturated heterocycles. The van der Waals surface area contributed by atoms with Crippen LogP contribution < -0.4 is 5.56 Å². The van der Waals surface area contributed by atoms with Crippen LogP contribution in [-0.2, 0) is 19.4 Å². The first-order valence-corrected chi connectivity index (χ1v) is 8.63. The van der Waals surface area contributed by atoms with E-state index in [1.165, 1.54) is 16.9 Å². The number of hydrogen-bond donors (Lipinski definition) is 1. The number of rotatable bonds is 2. The summed E-state index contributed by atoms with van der Waals surface area (Å²) in [6, 6.07) is 3.83. The second-order valence-electron chi connectivity index (χ2n) is 5.60. The number of aromatic nitrogens is 3. The monoisotopic (exact) mass is 329 g/mol. The lowest BCUT2D eigenvalue weighted by Crippen LogP contribution is -2.23. The van der Waals surface area contributed by atoms with Gasteiger partial charge in [0, 0.05) is 17.3 Å². The van der Waals surface area contributed by atoms with Gasteiger partial charge in [0.2, 0.25) is 0 Å². The van der Waals surface area contributed by atoms with Gasteiger partial charge in [0.25, 0.3) is 5.56 Å². The molecule has 6 heteroatoms. The molecule has 0 fully saturated rings. The molecule has 4 nitrogen and oxygen atoms in total. The Hall–Kier alpha value is -1.79. The van der Waals surface area contributed by atoms with Crippen molar-refractivity contribution in [3.63, 3.8) is 0 Å². The van der Waals surface area contributed by atoms with E-state index in [1.807, 2.05) is 12.1 Å². The maximum atomic E-state index is 12.9. The molecule has 3 heterocycles. The summed E-state index contributed by atoms with van der Waals surface area (Å²) in [6.45, 7) is 0.461. The lowest BCUT2D eigenvalue weighted by atomic mass is 9.97. The minimum Gasteiger partial charge on any atom is -0.323 e. The quantitative estimate of drug-likeness (QED) is 0.733. The van der Waals surface area contributed by atoms with Crippen LogP contribution in [0, 0.1) is 4.77 Å². The summed E-state index contributed by atoms with van der Waals surface area (Å²) in [5, 5.41) is 0.845. The molecule has 0 atom stereocenters. The van der Waals surface area contributed by atoms with Gasteiger partial charge in [-0.1, -0.05) is 6.07 Å². The Morgan fingerprint density at radius 1 is 1.36 bits per heavy atom. The summed E-state index contributed by atoms with van der Waals surface area (Å²) in [5.74, 6) is 0. The van der Waals surface area contributed by atoms with Crippen LogP contribution in [0.4, 0.5) is 0 Å². The van der Waals surface area contributed by atoms with Gasteiger partial charge in [-0.15, -0.1) is 11.3 Å². The molecule has 0 aliphatic heterocycles. The fourth-order valence-electron chi connectivity index (χ4n) is 3.09. The Kier molecular flexibility index (Phi) is 3.43. The van der Waals surface area contributed by atoms with Gasteiger partial charge in [0.1, 0.15) is 4.83 Å². The number of hydrogen-bond acceptors (Lipinski definition) is 4. The number of fused-ring (bicyclic) bond motifs is 3. The third-order valence-electron chi connectivity index (χ3n) is 4.16. The van der Waals surface area contributed by atoms with Gasteiger partial charge in [-0.25, -0.2) is 0 Å². The molecule has 1 aliphatic rings. The predicted octanol–water partition coefficient (Wildman–Crippen LogP) is 3.44. The molecule has 1 N–H and O–H groups in total. The van der Waals surface area contributed by atoms with Crippen LogP contribution in [-0.4, -0.2) is 14.5 Å². The first-order chi connectivity index (χ1) is 10.7. The molecule has 0 unspecified atom stereocenters. The van der Waals surface area contributed by atoms with Crippen LogP contribution in [0.15, 0.2) is 29.3 Å². The summed E-state index contributed by atoms with van der Waals surface area (Å²) in [4.78, 5) is 22.6. The summed E-state index contributed by atoms with van der Waals surface area (Å²) in [5.41, 5.74) is 2.25. The van der Waals surface area contributed by atoms with E-state index in [4.69, 9.17) is 12.2 Å². The van der Waals surface area contributed by atoms with Gasteiger partial charge in [0.15, 0.2) is 4.77 Å². The topological polar surface area (TPSA) is 50.7 Å². The average molecular weight is 329 g/mol. The fourth-order valence-corrected chi connectivity index (χ4v) is 4.68. The van der Waals surface area contributed by atoms with Gasteiger partial charge in [-0.3, -0.25) is 14.3 Å². The van der Waals surface area contributed by atoms with E-state index >= 15 is 0 Å². The summed E-state index contributed by atoms with van der Waals surface area (Å²) < 4.78 is 2.14. The Balaban J connectivity index is 1.92. The molecule has 0 bridgehead atoms. The van der Waals surface area contributed by atoms with Crippen molar-refractivity contribution in [2.45, 2.75) is 32.2 Å². The zero-order valence-corrected chi connectivity index (χ0v) is 13.6. The van der Waals surface area contributed by atoms with Crippen LogP contribution in [0.25, 0.3) is 10.2 Å². The minimum absolute atomic E-state index is 0.0296. The summed E-state index contributed by atoms with van der Waals surface area (Å²) >= 11 is 7.10. The largest absolute Gasteiger partial charge is 0.323 e. The summed E-state index contributed by atoms with van der Waals surface area (Å²) in [6.07, 6.45) is 7.96. The van der Waals surface area contributed by atoms with Gasteiger partial charge in [0.05, 0.1) is 11.9 Å². The molecule has 0 spiro atoms. The maximum absolute atomic E-state index is 12.9. The standard InChI is InChI=1S/C16H15N3OS2/c20-15-13-11-5-1-2-6-12(11)22-14(13)18-16(21)19(15)9-10-4-3-7-17-8-10/h3-4,7-8H,1-2,5-6,9H2,(H,18,21). The highest BCUT2D eigenvalue weighted by atomic mass is 32.1. The molecule has 0 radical (unpaired) electrons. The maximum Gasteiger partial charge on any atom is 0.263 e. The summed E-state index contributed by atoms with van der Waals surface area (Å²) in [7, 11) is 0. The second-order valence-corrected chi connectivity index (χ2v) is 7.09. The van der Waals surface area contributed by atoms with Crippen LogP contribution in [0.3, 0.4) is 0 Å². The van der Waals surface area contributed by atoms with E-state index in [9.17, 15) is 4.79 Å². The van der Waals surface area contributed by atoms with E-state index in [0.29, 0.717) is 11.3 Å². The van der Waals surface area contributed by atoms with E-state index < -0.39 is 0 Å². The zero-order valence-electron chi connectivity index (χ0n) is 12.0. The van der Waals surface area contributed by atoms with Gasteiger partial charge in [-0.2, -0.15) is 0 Å². The Bertz CT molecular complexity index is 953. The molecular formula is C16H15N3OS2. The normalized spacial score (nSPS) is 14.2. The Morgan fingerprint density at radius 2 is 2.23 bits per heavy atom. The highest BCUT2D eigenvalue weighted by Gasteiger charge is 2.20. The number of pyridine rings is 1. The van der Waals surface area contributed by atoms with Gasteiger partial charge >= 0.3 is 0 Å². The lowest BCUT2D eigenvalue weighted by molar-refractivity contribution is 0.696. The van der Waals surface area contributed by atoms with Crippen molar-refractivity contribution in [2.75, 3.05) is 0 Å². The van der Waals surface area contributed by atoms with Crippen molar-refractivity contribution in [2.24, 2.45) is 0 Å². The van der Waals surface area contributed by atoms with Crippen LogP contribution in [0.2, 0.25) is 0 Å². The zero-order chi connectivity index (χ0) is 15.1. The van der Waals surface area contributed by atoms with E-state index in [0.717, 1.165) is 35.0 Å². The molecule has 0 saturated carbocycles. The number of aryl methyl sites for hydroxylation is 2. The third kappa shape index (κ3) is 2.23. The average Bonchev–Trinajstić information content (AvgIpc) is 2.90. The molecule has 4 rings (SSSR count). The van der Waals surface area contributed by atoms with Crippen molar-refractivity contribution in [3.05, 3.63) is 55.7 Å². The van der Waals surface area contributed by atoms with Crippen molar-refractivity contribution in [1.29, 1.82) is 0 Å². The highest BCUT2D eigenvalue weighted by Crippen LogP contribution is 2.33. The number of aromatic amines is 1. The Morgan fingerprint density at radius 3 is 3.05 bits per heavy atom. The molecule has 112 valence electrons. The SMILES string of the molecule is O=c1c2c3c(sc2[nH]c(=S)n1Cc1cccnc1)CCCC3. The number of nitrogens with zero attached hydrogens (tertiary/aromatic N) is 2. The van der Waals surface area contributed by atoms with E-state index in [2.05, 4.69) is 9.97 Å². The Labute approximate surface area is 136 Å². The van der Waals surface area contributed by atoms with Gasteiger partial charge in [-0.05, 0) is 55.1 Å². The van der Waals surface area contributed by atoms with Crippen molar-refractivity contribution in [1.82, 2.24) is 14.5 Å². The molecule has 3 aromatic heterocycles. The lowest BCUT2D eigenvalue weighted by Gasteiger charge is -2.11. The van der Waals surface area contributed by atoms with Crippen LogP contribution >= 0.6 is 23.6 Å². The van der Waals surface area contributed by atoms with Crippen molar-refractivity contribution in [3.8, 4) is 0 Å². The van der Waals surface area contributed by atoms with Crippen LogP contribution in [0.1, 0.15) is 28.8 Å². The third-order valence-corrected chi connectivity index (χ3v) is 5.69. The molecule has 0 amide bonds. The second kappa shape index (κ2) is 5.44. The number of H-pyrrole nitrogens is 1. The molecule has 3 aromatic rings. The molecular weight excluding hydrogens is 314 g/mol.